The minimum absolute atomic E-state index is 0.0351. The third-order valence-electron chi connectivity index (χ3n) is 2.48. The van der Waals surface area contributed by atoms with E-state index in [0.29, 0.717) is 5.69 Å². The van der Waals surface area contributed by atoms with Gasteiger partial charge >= 0.3 is 5.97 Å². The molecule has 2 rings (SSSR count). The zero-order valence-electron chi connectivity index (χ0n) is 10.7. The highest BCUT2D eigenvalue weighted by Gasteiger charge is 2.12. The van der Waals surface area contributed by atoms with E-state index >= 15 is 0 Å². The highest BCUT2D eigenvalue weighted by molar-refractivity contribution is 14.1. The lowest BCUT2D eigenvalue weighted by molar-refractivity contribution is -0.118. The van der Waals surface area contributed by atoms with Gasteiger partial charge in [0.05, 0.1) is 6.20 Å². The summed E-state index contributed by atoms with van der Waals surface area (Å²) in [6.45, 7) is -0.294. The second-order valence-electron chi connectivity index (χ2n) is 4.02. The quantitative estimate of drug-likeness (QED) is 0.756. The minimum Gasteiger partial charge on any atom is -0.481 e. The molecule has 108 valence electrons. The Morgan fingerprint density at radius 3 is 2.86 bits per heavy atom. The Balaban J connectivity index is 1.97. The topological polar surface area (TPSA) is 88.5 Å². The zero-order valence-corrected chi connectivity index (χ0v) is 12.9. The number of carboxylic acid groups (broad SMARTS) is 1. The van der Waals surface area contributed by atoms with Gasteiger partial charge < -0.3 is 15.2 Å². The van der Waals surface area contributed by atoms with Crippen molar-refractivity contribution in [2.75, 3.05) is 11.9 Å². The monoisotopic (exact) mass is 398 g/mol. The van der Waals surface area contributed by atoms with Gasteiger partial charge in [-0.25, -0.2) is 4.79 Å². The fourth-order valence-corrected chi connectivity index (χ4v) is 2.12. The number of carboxylic acids is 1. The number of amides is 1. The van der Waals surface area contributed by atoms with Crippen LogP contribution >= 0.6 is 22.6 Å². The van der Waals surface area contributed by atoms with Crippen molar-refractivity contribution in [1.29, 1.82) is 0 Å². The Kier molecular flexibility index (Phi) is 5.09. The van der Waals surface area contributed by atoms with E-state index in [2.05, 4.69) is 32.9 Å². The third kappa shape index (κ3) is 4.42. The summed E-state index contributed by atoms with van der Waals surface area (Å²) in [6, 6.07) is 8.61. The van der Waals surface area contributed by atoms with Crippen LogP contribution in [-0.4, -0.2) is 28.6 Å². The average Bonchev–Trinajstić information content (AvgIpc) is 2.45. The predicted molar refractivity (Wildman–Crippen MR) is 84.5 cm³/mol. The van der Waals surface area contributed by atoms with Crippen LogP contribution in [0.3, 0.4) is 0 Å². The molecule has 1 heterocycles. The Morgan fingerprint density at radius 1 is 1.33 bits per heavy atom. The lowest BCUT2D eigenvalue weighted by atomic mass is 10.2. The summed E-state index contributed by atoms with van der Waals surface area (Å²) < 4.78 is 6.20. The molecule has 0 saturated carbocycles. The van der Waals surface area contributed by atoms with Crippen LogP contribution in [0.4, 0.5) is 5.69 Å². The molecule has 0 spiro atoms. The number of anilines is 1. The van der Waals surface area contributed by atoms with E-state index in [1.807, 2.05) is 18.2 Å². The molecule has 7 heteroatoms. The van der Waals surface area contributed by atoms with E-state index in [1.165, 1.54) is 18.5 Å². The number of aromatic nitrogens is 1. The molecule has 1 aromatic carbocycles. The molecule has 0 saturated heterocycles. The smallest absolute Gasteiger partial charge is 0.339 e. The van der Waals surface area contributed by atoms with Gasteiger partial charge in [0.1, 0.15) is 5.56 Å². The molecule has 0 atom stereocenters. The molecular formula is C14H11IN2O4. The number of pyridine rings is 1. The number of benzene rings is 1. The molecule has 6 nitrogen and oxygen atoms in total. The van der Waals surface area contributed by atoms with Crippen LogP contribution in [-0.2, 0) is 4.79 Å². The van der Waals surface area contributed by atoms with Gasteiger partial charge in [-0.05, 0) is 46.9 Å². The normalized spacial score (nSPS) is 9.95. The number of halogens is 1. The minimum atomic E-state index is -1.13. The maximum absolute atomic E-state index is 11.8. The zero-order chi connectivity index (χ0) is 15.2. The van der Waals surface area contributed by atoms with Gasteiger partial charge in [0, 0.05) is 15.5 Å². The summed E-state index contributed by atoms with van der Waals surface area (Å²) in [4.78, 5) is 26.5. The second kappa shape index (κ2) is 7.02. The van der Waals surface area contributed by atoms with Crippen LogP contribution in [0.1, 0.15) is 10.4 Å². The number of carbonyl (C=O) groups is 2. The second-order valence-corrected chi connectivity index (χ2v) is 5.27. The Bertz CT molecular complexity index is 676. The van der Waals surface area contributed by atoms with Crippen molar-refractivity contribution in [3.63, 3.8) is 0 Å². The Hall–Kier alpha value is -2.16. The molecule has 21 heavy (non-hydrogen) atoms. The maximum atomic E-state index is 11.8. The molecule has 0 bridgehead atoms. The van der Waals surface area contributed by atoms with Crippen LogP contribution in [0.5, 0.6) is 5.75 Å². The number of nitrogens with zero attached hydrogens (tertiary/aromatic N) is 1. The highest BCUT2D eigenvalue weighted by atomic mass is 127. The Labute approximate surface area is 134 Å². The van der Waals surface area contributed by atoms with E-state index in [0.717, 1.165) is 3.57 Å². The van der Waals surface area contributed by atoms with Crippen molar-refractivity contribution < 1.29 is 19.4 Å². The van der Waals surface area contributed by atoms with Crippen molar-refractivity contribution in [3.05, 3.63) is 51.9 Å². The lowest BCUT2D eigenvalue weighted by Crippen LogP contribution is -2.21. The standard InChI is InChI=1S/C14H11IN2O4/c15-9-2-1-3-10(6-9)17-13(18)8-21-12-7-16-5-4-11(12)14(19)20/h1-7H,8H2,(H,17,18)(H,19,20). The maximum Gasteiger partial charge on any atom is 0.339 e. The van der Waals surface area contributed by atoms with Crippen molar-refractivity contribution in [2.45, 2.75) is 0 Å². The molecule has 1 aromatic heterocycles. The molecule has 2 aromatic rings. The summed E-state index contributed by atoms with van der Waals surface area (Å²) in [5.41, 5.74) is 0.618. The summed E-state index contributed by atoms with van der Waals surface area (Å²) in [7, 11) is 0. The van der Waals surface area contributed by atoms with E-state index < -0.39 is 5.97 Å². The van der Waals surface area contributed by atoms with Crippen molar-refractivity contribution in [2.24, 2.45) is 0 Å². The first-order valence-corrected chi connectivity index (χ1v) is 6.99. The van der Waals surface area contributed by atoms with Crippen LogP contribution in [0.2, 0.25) is 0 Å². The Morgan fingerprint density at radius 2 is 2.14 bits per heavy atom. The van der Waals surface area contributed by atoms with Crippen LogP contribution in [0, 0.1) is 3.57 Å². The summed E-state index contributed by atoms with van der Waals surface area (Å²) in [5.74, 6) is -1.45. The van der Waals surface area contributed by atoms with Gasteiger partial charge in [0.25, 0.3) is 5.91 Å². The first-order valence-electron chi connectivity index (χ1n) is 5.92. The van der Waals surface area contributed by atoms with Crippen molar-refractivity contribution in [1.82, 2.24) is 4.98 Å². The van der Waals surface area contributed by atoms with Gasteiger partial charge in [-0.2, -0.15) is 0 Å². The summed E-state index contributed by atoms with van der Waals surface area (Å²) >= 11 is 2.14. The molecule has 0 radical (unpaired) electrons. The number of nitrogens with one attached hydrogen (secondary N) is 1. The fraction of sp³-hybridized carbons (Fsp3) is 0.0714. The predicted octanol–water partition coefficient (Wildman–Crippen LogP) is 2.40. The molecule has 1 amide bonds. The van der Waals surface area contributed by atoms with E-state index in [-0.39, 0.29) is 23.8 Å². The number of rotatable bonds is 5. The SMILES string of the molecule is O=C(COc1cnccc1C(=O)O)Nc1cccc(I)c1. The van der Waals surface area contributed by atoms with Gasteiger partial charge in [-0.15, -0.1) is 0 Å². The third-order valence-corrected chi connectivity index (χ3v) is 3.15. The van der Waals surface area contributed by atoms with Crippen LogP contribution in [0.15, 0.2) is 42.7 Å². The van der Waals surface area contributed by atoms with Crippen molar-refractivity contribution in [3.8, 4) is 5.75 Å². The fourth-order valence-electron chi connectivity index (χ4n) is 1.58. The van der Waals surface area contributed by atoms with Gasteiger partial charge in [-0.1, -0.05) is 6.07 Å². The van der Waals surface area contributed by atoms with Gasteiger partial charge in [0.2, 0.25) is 0 Å². The number of hydrogen-bond acceptors (Lipinski definition) is 4. The lowest BCUT2D eigenvalue weighted by Gasteiger charge is -2.09. The van der Waals surface area contributed by atoms with Gasteiger partial charge in [-0.3, -0.25) is 9.78 Å². The van der Waals surface area contributed by atoms with Crippen LogP contribution in [0.25, 0.3) is 0 Å². The van der Waals surface area contributed by atoms with E-state index in [4.69, 9.17) is 9.84 Å². The molecule has 2 N–H and O–H groups in total. The molecule has 0 aliphatic carbocycles. The molecule has 0 aliphatic heterocycles. The molecule has 0 unspecified atom stereocenters. The molecule has 0 fully saturated rings. The number of ether oxygens (including phenoxy) is 1. The van der Waals surface area contributed by atoms with E-state index in [9.17, 15) is 9.59 Å². The highest BCUT2D eigenvalue weighted by Crippen LogP contribution is 2.16. The van der Waals surface area contributed by atoms with Crippen LogP contribution < -0.4 is 10.1 Å². The molecule has 0 aliphatic rings. The summed E-state index contributed by atoms with van der Waals surface area (Å²) in [6.07, 6.45) is 2.62. The molecular weight excluding hydrogens is 387 g/mol. The first-order chi connectivity index (χ1) is 10.1. The van der Waals surface area contributed by atoms with E-state index in [1.54, 1.807) is 6.07 Å². The number of carbonyl (C=O) groups excluding carboxylic acids is 1. The largest absolute Gasteiger partial charge is 0.481 e. The number of hydrogen-bond donors (Lipinski definition) is 2. The summed E-state index contributed by atoms with van der Waals surface area (Å²) in [5, 5.41) is 11.7. The first kappa shape index (κ1) is 15.2. The van der Waals surface area contributed by atoms with Gasteiger partial charge in [0.15, 0.2) is 12.4 Å². The average molecular weight is 398 g/mol. The number of aromatic carboxylic acids is 1. The van der Waals surface area contributed by atoms with Crippen molar-refractivity contribution >= 4 is 40.2 Å².